The molecule has 36 heavy (non-hydrogen) atoms. The monoisotopic (exact) mass is 527 g/mol. The summed E-state index contributed by atoms with van der Waals surface area (Å²) in [6.45, 7) is -0.296. The molecule has 1 amide bonds. The lowest BCUT2D eigenvalue weighted by Gasteiger charge is -2.14. The van der Waals surface area contributed by atoms with E-state index >= 15 is 0 Å². The maximum atomic E-state index is 13.6. The number of rotatable bonds is 9. The summed E-state index contributed by atoms with van der Waals surface area (Å²) in [6.07, 6.45) is 1.58. The molecule has 4 rings (SSSR count). The SMILES string of the molecule is O=C(O)CN1C(=O)C(=Cc2ccc(OCc3ccccc3)c(OCc3ccc(F)c(F)c3)c2)SC1=S. The van der Waals surface area contributed by atoms with Crippen LogP contribution in [0.2, 0.25) is 0 Å². The largest absolute Gasteiger partial charge is 0.485 e. The van der Waals surface area contributed by atoms with E-state index in [1.54, 1.807) is 24.3 Å². The molecule has 184 valence electrons. The maximum Gasteiger partial charge on any atom is 0.323 e. The van der Waals surface area contributed by atoms with Crippen LogP contribution in [0, 0.1) is 11.6 Å². The first-order valence-electron chi connectivity index (χ1n) is 10.6. The number of thioether (sulfide) groups is 1. The van der Waals surface area contributed by atoms with Crippen molar-refractivity contribution in [1.82, 2.24) is 4.90 Å². The predicted molar refractivity (Wildman–Crippen MR) is 135 cm³/mol. The Bertz CT molecular complexity index is 1350. The minimum atomic E-state index is -1.17. The van der Waals surface area contributed by atoms with E-state index in [4.69, 9.17) is 26.8 Å². The maximum absolute atomic E-state index is 13.6. The van der Waals surface area contributed by atoms with Gasteiger partial charge in [0.05, 0.1) is 4.91 Å². The highest BCUT2D eigenvalue weighted by Crippen LogP contribution is 2.35. The van der Waals surface area contributed by atoms with Gasteiger partial charge in [0.2, 0.25) is 0 Å². The zero-order valence-corrected chi connectivity index (χ0v) is 20.3. The molecule has 0 radical (unpaired) electrons. The predicted octanol–water partition coefficient (Wildman–Crippen LogP) is 5.41. The number of thiocarbonyl (C=S) groups is 1. The molecule has 0 atom stereocenters. The van der Waals surface area contributed by atoms with Crippen molar-refractivity contribution in [2.24, 2.45) is 0 Å². The van der Waals surface area contributed by atoms with Crippen molar-refractivity contribution in [3.8, 4) is 11.5 Å². The lowest BCUT2D eigenvalue weighted by Crippen LogP contribution is -2.33. The lowest BCUT2D eigenvalue weighted by molar-refractivity contribution is -0.140. The van der Waals surface area contributed by atoms with E-state index in [1.807, 2.05) is 30.3 Å². The average molecular weight is 528 g/mol. The summed E-state index contributed by atoms with van der Waals surface area (Å²) in [5.41, 5.74) is 1.94. The average Bonchev–Trinajstić information content (AvgIpc) is 3.11. The molecule has 1 aliphatic rings. The Morgan fingerprint density at radius 1 is 0.944 bits per heavy atom. The molecule has 10 heteroatoms. The van der Waals surface area contributed by atoms with Crippen molar-refractivity contribution in [2.45, 2.75) is 13.2 Å². The summed E-state index contributed by atoms with van der Waals surface area (Å²) in [7, 11) is 0. The van der Waals surface area contributed by atoms with Crippen LogP contribution in [0.15, 0.2) is 71.6 Å². The number of carbonyl (C=O) groups excluding carboxylic acids is 1. The van der Waals surface area contributed by atoms with Gasteiger partial charge in [0.15, 0.2) is 23.1 Å². The zero-order valence-electron chi connectivity index (χ0n) is 18.6. The molecule has 3 aromatic rings. The second kappa shape index (κ2) is 11.3. The molecule has 0 aromatic heterocycles. The van der Waals surface area contributed by atoms with Crippen LogP contribution >= 0.6 is 24.0 Å². The minimum Gasteiger partial charge on any atom is -0.485 e. The number of hydrogen-bond acceptors (Lipinski definition) is 6. The van der Waals surface area contributed by atoms with Crippen LogP contribution in [0.5, 0.6) is 11.5 Å². The number of carboxylic acid groups (broad SMARTS) is 1. The van der Waals surface area contributed by atoms with Gasteiger partial charge in [-0.3, -0.25) is 14.5 Å². The highest BCUT2D eigenvalue weighted by molar-refractivity contribution is 8.26. The third-order valence-electron chi connectivity index (χ3n) is 5.05. The van der Waals surface area contributed by atoms with Crippen LogP contribution < -0.4 is 9.47 Å². The molecule has 1 fully saturated rings. The zero-order chi connectivity index (χ0) is 25.7. The van der Waals surface area contributed by atoms with Gasteiger partial charge in [-0.25, -0.2) is 8.78 Å². The number of carbonyl (C=O) groups is 2. The van der Waals surface area contributed by atoms with E-state index in [1.165, 1.54) is 6.07 Å². The number of amides is 1. The number of halogens is 2. The van der Waals surface area contributed by atoms with Crippen molar-refractivity contribution >= 4 is 46.3 Å². The molecule has 1 saturated heterocycles. The molecule has 0 aliphatic carbocycles. The third kappa shape index (κ3) is 6.27. The number of benzene rings is 3. The summed E-state index contributed by atoms with van der Waals surface area (Å²) in [4.78, 5) is 24.9. The number of aliphatic carboxylic acids is 1. The van der Waals surface area contributed by atoms with Gasteiger partial charge in [-0.05, 0) is 47.0 Å². The second-order valence-electron chi connectivity index (χ2n) is 7.68. The summed E-state index contributed by atoms with van der Waals surface area (Å²) < 4.78 is 38.9. The van der Waals surface area contributed by atoms with Gasteiger partial charge < -0.3 is 14.6 Å². The van der Waals surface area contributed by atoms with Crippen molar-refractivity contribution < 1.29 is 33.0 Å². The Morgan fingerprint density at radius 2 is 1.67 bits per heavy atom. The van der Waals surface area contributed by atoms with Crippen LogP contribution in [0.1, 0.15) is 16.7 Å². The van der Waals surface area contributed by atoms with Gasteiger partial charge in [-0.15, -0.1) is 0 Å². The fourth-order valence-corrected chi connectivity index (χ4v) is 4.55. The molecule has 0 bridgehead atoms. The van der Waals surface area contributed by atoms with Gasteiger partial charge >= 0.3 is 5.97 Å². The standard InChI is InChI=1S/C26H19F2NO5S2/c27-19-8-6-18(10-20(19)28)15-34-22-11-17(7-9-21(22)33-14-16-4-2-1-3-5-16)12-23-25(32)29(13-24(30)31)26(35)36-23/h1-12H,13-15H2,(H,30,31). The van der Waals surface area contributed by atoms with Crippen molar-refractivity contribution in [1.29, 1.82) is 0 Å². The molecular formula is C26H19F2NO5S2. The lowest BCUT2D eigenvalue weighted by atomic mass is 10.1. The van der Waals surface area contributed by atoms with Crippen molar-refractivity contribution in [3.63, 3.8) is 0 Å². The Hall–Kier alpha value is -3.76. The highest BCUT2D eigenvalue weighted by Gasteiger charge is 2.33. The Labute approximate surface area is 215 Å². The number of ether oxygens (including phenoxy) is 2. The van der Waals surface area contributed by atoms with E-state index in [0.717, 1.165) is 34.4 Å². The third-order valence-corrected chi connectivity index (χ3v) is 6.43. The summed E-state index contributed by atoms with van der Waals surface area (Å²) >= 11 is 6.14. The molecule has 6 nitrogen and oxygen atoms in total. The van der Waals surface area contributed by atoms with Crippen LogP contribution in [0.4, 0.5) is 8.78 Å². The van der Waals surface area contributed by atoms with Crippen molar-refractivity contribution in [2.75, 3.05) is 6.54 Å². The number of carboxylic acids is 1. The van der Waals surface area contributed by atoms with E-state index in [0.29, 0.717) is 22.6 Å². The van der Waals surface area contributed by atoms with E-state index in [-0.39, 0.29) is 22.4 Å². The van der Waals surface area contributed by atoms with Crippen LogP contribution in [0.3, 0.4) is 0 Å². The van der Waals surface area contributed by atoms with Crippen LogP contribution in [-0.2, 0) is 22.8 Å². The van der Waals surface area contributed by atoms with Gasteiger partial charge in [-0.1, -0.05) is 66.4 Å². The van der Waals surface area contributed by atoms with Crippen molar-refractivity contribution in [3.05, 3.63) is 100.0 Å². The quantitative estimate of drug-likeness (QED) is 0.295. The Morgan fingerprint density at radius 3 is 2.39 bits per heavy atom. The van der Waals surface area contributed by atoms with E-state index in [9.17, 15) is 18.4 Å². The van der Waals surface area contributed by atoms with Gasteiger partial charge in [0.1, 0.15) is 24.1 Å². The molecule has 0 spiro atoms. The van der Waals surface area contributed by atoms with Gasteiger partial charge in [0.25, 0.3) is 5.91 Å². The Kier molecular flexibility index (Phi) is 7.97. The number of hydrogen-bond donors (Lipinski definition) is 1. The molecule has 1 heterocycles. The minimum absolute atomic E-state index is 0.0525. The fraction of sp³-hybridized carbons (Fsp3) is 0.115. The second-order valence-corrected chi connectivity index (χ2v) is 9.35. The molecule has 1 aliphatic heterocycles. The molecule has 0 saturated carbocycles. The summed E-state index contributed by atoms with van der Waals surface area (Å²) in [5, 5.41) is 9.01. The summed E-state index contributed by atoms with van der Waals surface area (Å²) in [6, 6.07) is 18.0. The first-order valence-corrected chi connectivity index (χ1v) is 11.9. The number of nitrogens with zero attached hydrogens (tertiary/aromatic N) is 1. The first kappa shape index (κ1) is 25.3. The fourth-order valence-electron chi connectivity index (χ4n) is 3.30. The molecular weight excluding hydrogens is 508 g/mol. The molecule has 3 aromatic carbocycles. The van der Waals surface area contributed by atoms with Gasteiger partial charge in [0, 0.05) is 0 Å². The first-order chi connectivity index (χ1) is 17.3. The normalized spacial score (nSPS) is 14.4. The molecule has 0 unspecified atom stereocenters. The van der Waals surface area contributed by atoms with Crippen LogP contribution in [0.25, 0.3) is 6.08 Å². The Balaban J connectivity index is 1.58. The van der Waals surface area contributed by atoms with E-state index in [2.05, 4.69) is 0 Å². The van der Waals surface area contributed by atoms with E-state index < -0.39 is 30.1 Å². The summed E-state index contributed by atoms with van der Waals surface area (Å²) in [5.74, 6) is -2.86. The topological polar surface area (TPSA) is 76.1 Å². The van der Waals surface area contributed by atoms with Gasteiger partial charge in [-0.2, -0.15) is 0 Å². The van der Waals surface area contributed by atoms with Crippen LogP contribution in [-0.4, -0.2) is 32.7 Å². The molecule has 1 N–H and O–H groups in total. The highest BCUT2D eigenvalue weighted by atomic mass is 32.2. The smallest absolute Gasteiger partial charge is 0.323 e.